The predicted molar refractivity (Wildman–Crippen MR) is 149 cm³/mol. The molecule has 1 N–H and O–H groups in total. The summed E-state index contributed by atoms with van der Waals surface area (Å²) in [5.41, 5.74) is 4.70. The first kappa shape index (κ1) is 22.9. The van der Waals surface area contributed by atoms with E-state index in [1.54, 1.807) is 11.6 Å². The molecule has 6 nitrogen and oxygen atoms in total. The van der Waals surface area contributed by atoms with E-state index < -0.39 is 0 Å². The molecular formula is C30H22ClN3O3. The summed E-state index contributed by atoms with van der Waals surface area (Å²) in [7, 11) is 1.77. The quantitative estimate of drug-likeness (QED) is 0.257. The van der Waals surface area contributed by atoms with E-state index in [0.717, 1.165) is 22.0 Å². The standard InChI is InChI=1S/C30H22ClN3O3/c1-18-26(24(37-33-18)17-16-19-10-6-8-14-22(19)31)32-27-25-29(36-28(27)20-11-4-3-5-12-20)21-13-7-9-15-23(21)34(2)30(25)35/h3-17,32H,1-2H3/b17-16+. The van der Waals surface area contributed by atoms with Gasteiger partial charge >= 0.3 is 0 Å². The van der Waals surface area contributed by atoms with E-state index in [9.17, 15) is 4.79 Å². The fourth-order valence-electron chi connectivity index (χ4n) is 4.53. The Balaban J connectivity index is 1.57. The number of aromatic nitrogens is 2. The minimum atomic E-state index is -0.163. The molecule has 0 spiro atoms. The molecule has 0 bridgehead atoms. The zero-order valence-electron chi connectivity index (χ0n) is 20.2. The molecule has 6 rings (SSSR count). The summed E-state index contributed by atoms with van der Waals surface area (Å²) in [4.78, 5) is 13.6. The van der Waals surface area contributed by atoms with Crippen LogP contribution in [-0.4, -0.2) is 9.72 Å². The van der Waals surface area contributed by atoms with Crippen molar-refractivity contribution in [2.24, 2.45) is 7.05 Å². The molecule has 3 heterocycles. The van der Waals surface area contributed by atoms with Crippen molar-refractivity contribution in [3.8, 4) is 11.3 Å². The highest BCUT2D eigenvalue weighted by molar-refractivity contribution is 6.32. The predicted octanol–water partition coefficient (Wildman–Crippen LogP) is 7.82. The van der Waals surface area contributed by atoms with E-state index in [4.69, 9.17) is 20.5 Å². The Kier molecular flexibility index (Phi) is 5.66. The first-order valence-electron chi connectivity index (χ1n) is 11.8. The van der Waals surface area contributed by atoms with E-state index in [1.165, 1.54) is 0 Å². The summed E-state index contributed by atoms with van der Waals surface area (Å²) in [5, 5.41) is 9.56. The number of furan rings is 1. The molecule has 0 aliphatic heterocycles. The maximum absolute atomic E-state index is 13.6. The Bertz CT molecular complexity index is 1860. The number of nitrogens with one attached hydrogen (secondary N) is 1. The average Bonchev–Trinajstić information content (AvgIpc) is 3.48. The summed E-state index contributed by atoms with van der Waals surface area (Å²) < 4.78 is 13.7. The van der Waals surface area contributed by atoms with Gasteiger partial charge in [0.2, 0.25) is 0 Å². The van der Waals surface area contributed by atoms with Crippen molar-refractivity contribution in [1.82, 2.24) is 9.72 Å². The van der Waals surface area contributed by atoms with Crippen molar-refractivity contribution in [2.45, 2.75) is 6.92 Å². The molecule has 0 amide bonds. The van der Waals surface area contributed by atoms with Crippen LogP contribution in [0.3, 0.4) is 0 Å². The number of halogens is 1. The molecule has 0 fully saturated rings. The number of pyridine rings is 1. The van der Waals surface area contributed by atoms with Crippen LogP contribution in [0, 0.1) is 6.92 Å². The highest BCUT2D eigenvalue weighted by atomic mass is 35.5. The summed E-state index contributed by atoms with van der Waals surface area (Å²) >= 11 is 6.32. The van der Waals surface area contributed by atoms with Crippen LogP contribution in [0.5, 0.6) is 0 Å². The molecule has 0 saturated carbocycles. The van der Waals surface area contributed by atoms with E-state index in [1.807, 2.05) is 97.9 Å². The average molecular weight is 508 g/mol. The van der Waals surface area contributed by atoms with Crippen LogP contribution in [-0.2, 0) is 7.05 Å². The minimum absolute atomic E-state index is 0.163. The van der Waals surface area contributed by atoms with E-state index in [0.29, 0.717) is 44.6 Å². The summed E-state index contributed by atoms with van der Waals surface area (Å²) in [5.74, 6) is 1.06. The van der Waals surface area contributed by atoms with Crippen molar-refractivity contribution in [3.63, 3.8) is 0 Å². The molecule has 37 heavy (non-hydrogen) atoms. The summed E-state index contributed by atoms with van der Waals surface area (Å²) in [6.07, 6.45) is 3.67. The van der Waals surface area contributed by atoms with E-state index >= 15 is 0 Å². The zero-order valence-corrected chi connectivity index (χ0v) is 20.9. The molecule has 0 radical (unpaired) electrons. The Labute approximate surface area is 217 Å². The lowest BCUT2D eigenvalue weighted by Gasteiger charge is -2.08. The van der Waals surface area contributed by atoms with Gasteiger partial charge in [-0.05, 0) is 42.8 Å². The molecule has 0 aliphatic rings. The van der Waals surface area contributed by atoms with Crippen LogP contribution >= 0.6 is 11.6 Å². The second-order valence-corrected chi connectivity index (χ2v) is 9.15. The number of hydrogen-bond donors (Lipinski definition) is 1. The topological polar surface area (TPSA) is 73.2 Å². The molecule has 7 heteroatoms. The fraction of sp³-hybridized carbons (Fsp3) is 0.0667. The van der Waals surface area contributed by atoms with Crippen molar-refractivity contribution < 1.29 is 8.94 Å². The van der Waals surface area contributed by atoms with Crippen LogP contribution in [0.4, 0.5) is 11.4 Å². The highest BCUT2D eigenvalue weighted by Gasteiger charge is 2.24. The Morgan fingerprint density at radius 1 is 0.919 bits per heavy atom. The number of hydrogen-bond acceptors (Lipinski definition) is 5. The fourth-order valence-corrected chi connectivity index (χ4v) is 4.72. The van der Waals surface area contributed by atoms with Crippen LogP contribution < -0.4 is 10.9 Å². The minimum Gasteiger partial charge on any atom is -0.453 e. The number of anilines is 2. The largest absolute Gasteiger partial charge is 0.453 e. The second-order valence-electron chi connectivity index (χ2n) is 8.74. The van der Waals surface area contributed by atoms with Gasteiger partial charge in [-0.25, -0.2) is 0 Å². The van der Waals surface area contributed by atoms with E-state index in [2.05, 4.69) is 10.5 Å². The normalized spacial score (nSPS) is 11.6. The third kappa shape index (κ3) is 3.92. The van der Waals surface area contributed by atoms with Gasteiger partial charge in [0.25, 0.3) is 5.56 Å². The molecule has 0 aliphatic carbocycles. The molecule has 182 valence electrons. The van der Waals surface area contributed by atoms with Gasteiger partial charge in [-0.2, -0.15) is 0 Å². The summed E-state index contributed by atoms with van der Waals surface area (Å²) in [6.45, 7) is 1.84. The number of nitrogens with zero attached hydrogens (tertiary/aromatic N) is 2. The van der Waals surface area contributed by atoms with Crippen LogP contribution in [0.2, 0.25) is 5.02 Å². The van der Waals surface area contributed by atoms with Gasteiger partial charge in [0.15, 0.2) is 17.1 Å². The monoisotopic (exact) mass is 507 g/mol. The van der Waals surface area contributed by atoms with Crippen LogP contribution in [0.25, 0.3) is 45.3 Å². The molecule has 0 unspecified atom stereocenters. The Morgan fingerprint density at radius 2 is 1.65 bits per heavy atom. The van der Waals surface area contributed by atoms with Gasteiger partial charge in [0, 0.05) is 23.0 Å². The first-order chi connectivity index (χ1) is 18.0. The highest BCUT2D eigenvalue weighted by Crippen LogP contribution is 2.41. The van der Waals surface area contributed by atoms with E-state index in [-0.39, 0.29) is 5.56 Å². The smallest absolute Gasteiger partial charge is 0.264 e. The maximum Gasteiger partial charge on any atom is 0.264 e. The molecular weight excluding hydrogens is 486 g/mol. The van der Waals surface area contributed by atoms with Gasteiger partial charge < -0.3 is 18.8 Å². The van der Waals surface area contributed by atoms with Crippen LogP contribution in [0.1, 0.15) is 17.0 Å². The van der Waals surface area contributed by atoms with Crippen molar-refractivity contribution >= 4 is 57.0 Å². The Morgan fingerprint density at radius 3 is 2.46 bits per heavy atom. The van der Waals surface area contributed by atoms with Gasteiger partial charge in [-0.1, -0.05) is 77.4 Å². The maximum atomic E-state index is 13.6. The third-order valence-corrected chi connectivity index (χ3v) is 6.78. The third-order valence-electron chi connectivity index (χ3n) is 6.43. The van der Waals surface area contributed by atoms with Crippen LogP contribution in [0.15, 0.2) is 92.6 Å². The summed E-state index contributed by atoms with van der Waals surface area (Å²) in [6, 6.07) is 25.0. The first-order valence-corrected chi connectivity index (χ1v) is 12.2. The van der Waals surface area contributed by atoms with Crippen molar-refractivity contribution in [3.05, 3.63) is 111 Å². The van der Waals surface area contributed by atoms with Crippen molar-refractivity contribution in [2.75, 3.05) is 5.32 Å². The van der Waals surface area contributed by atoms with Gasteiger partial charge in [-0.15, -0.1) is 0 Å². The number of benzene rings is 3. The molecule has 6 aromatic rings. The second kappa shape index (κ2) is 9.15. The SMILES string of the molecule is Cc1noc(/C=C/c2ccccc2Cl)c1Nc1c(-c2ccccc2)oc2c1c(=O)n(C)c1ccccc21. The van der Waals surface area contributed by atoms with Gasteiger partial charge in [-0.3, -0.25) is 4.79 Å². The lowest BCUT2D eigenvalue weighted by atomic mass is 10.1. The molecule has 3 aromatic heterocycles. The number of para-hydroxylation sites is 1. The number of rotatable bonds is 5. The van der Waals surface area contributed by atoms with Gasteiger partial charge in [0.05, 0.1) is 11.2 Å². The molecule has 0 saturated heterocycles. The number of fused-ring (bicyclic) bond motifs is 3. The zero-order chi connectivity index (χ0) is 25.5. The van der Waals surface area contributed by atoms with Gasteiger partial charge in [0.1, 0.15) is 16.8 Å². The Hall–Kier alpha value is -4.55. The molecule has 3 aromatic carbocycles. The lowest BCUT2D eigenvalue weighted by Crippen LogP contribution is -2.17. The van der Waals surface area contributed by atoms with Crippen molar-refractivity contribution in [1.29, 1.82) is 0 Å². The lowest BCUT2D eigenvalue weighted by molar-refractivity contribution is 0.408. The number of aryl methyl sites for hydroxylation is 2. The molecule has 0 atom stereocenters.